The molecule has 2 heteroatoms. The molecule has 0 aliphatic rings. The molecule has 0 saturated carbocycles. The first-order valence-corrected chi connectivity index (χ1v) is 5.08. The molecule has 0 atom stereocenters. The lowest BCUT2D eigenvalue weighted by molar-refractivity contribution is 0.142. The summed E-state index contributed by atoms with van der Waals surface area (Å²) < 4.78 is 10.6. The Morgan fingerprint density at radius 3 is 2.47 bits per heavy atom. The van der Waals surface area contributed by atoms with Crippen LogP contribution in [0, 0.1) is 0 Å². The van der Waals surface area contributed by atoms with Gasteiger partial charge in [0.2, 0.25) is 0 Å². The molecule has 0 radical (unpaired) electrons. The number of ether oxygens (including phenoxy) is 2. The van der Waals surface area contributed by atoms with E-state index in [4.69, 9.17) is 9.47 Å². The predicted octanol–water partition coefficient (Wildman–Crippen LogP) is 3.18. The van der Waals surface area contributed by atoms with E-state index in [1.54, 1.807) is 7.11 Å². The monoisotopic (exact) mass is 206 g/mol. The van der Waals surface area contributed by atoms with Crippen molar-refractivity contribution in [2.75, 3.05) is 13.7 Å². The largest absolute Gasteiger partial charge is 0.497 e. The summed E-state index contributed by atoms with van der Waals surface area (Å²) >= 11 is 0. The third-order valence-electron chi connectivity index (χ3n) is 2.25. The molecule has 0 bridgehead atoms. The minimum Gasteiger partial charge on any atom is -0.497 e. The van der Waals surface area contributed by atoms with E-state index in [0.717, 1.165) is 5.75 Å². The minimum absolute atomic E-state index is 0.648. The van der Waals surface area contributed by atoms with Crippen molar-refractivity contribution in [3.63, 3.8) is 0 Å². The number of allylic oxidation sites excluding steroid dienone is 1. The van der Waals surface area contributed by atoms with Crippen molar-refractivity contribution in [2.45, 2.75) is 20.5 Å². The van der Waals surface area contributed by atoms with Gasteiger partial charge in [0, 0.05) is 0 Å². The van der Waals surface area contributed by atoms with E-state index in [-0.39, 0.29) is 0 Å². The van der Waals surface area contributed by atoms with Crippen LogP contribution in [0.5, 0.6) is 5.75 Å². The fourth-order valence-electron chi connectivity index (χ4n) is 1.13. The van der Waals surface area contributed by atoms with Gasteiger partial charge in [-0.3, -0.25) is 0 Å². The fraction of sp³-hybridized carbons (Fsp3) is 0.385. The molecule has 0 aromatic heterocycles. The van der Waals surface area contributed by atoms with Crippen LogP contribution in [-0.2, 0) is 11.3 Å². The van der Waals surface area contributed by atoms with Gasteiger partial charge < -0.3 is 9.47 Å². The van der Waals surface area contributed by atoms with E-state index in [2.05, 4.69) is 13.0 Å². The lowest BCUT2D eigenvalue weighted by Crippen LogP contribution is -1.96. The van der Waals surface area contributed by atoms with Crippen LogP contribution in [0.3, 0.4) is 0 Å². The van der Waals surface area contributed by atoms with Gasteiger partial charge in [-0.15, -0.1) is 0 Å². The second-order valence-electron chi connectivity index (χ2n) is 3.48. The third kappa shape index (κ3) is 4.17. The second-order valence-corrected chi connectivity index (χ2v) is 3.48. The summed E-state index contributed by atoms with van der Waals surface area (Å²) in [6.45, 7) is 5.43. The highest BCUT2D eigenvalue weighted by Gasteiger charge is 1.95. The number of hydrogen-bond acceptors (Lipinski definition) is 2. The Kier molecular flexibility index (Phi) is 4.91. The van der Waals surface area contributed by atoms with Crippen LogP contribution < -0.4 is 4.74 Å². The van der Waals surface area contributed by atoms with Crippen molar-refractivity contribution in [1.82, 2.24) is 0 Å². The Morgan fingerprint density at radius 1 is 1.27 bits per heavy atom. The maximum Gasteiger partial charge on any atom is 0.118 e. The van der Waals surface area contributed by atoms with Gasteiger partial charge in [-0.05, 0) is 31.5 Å². The molecule has 0 unspecified atom stereocenters. The van der Waals surface area contributed by atoms with E-state index in [1.165, 1.54) is 11.1 Å². The first-order chi connectivity index (χ1) is 7.26. The zero-order chi connectivity index (χ0) is 11.1. The summed E-state index contributed by atoms with van der Waals surface area (Å²) in [7, 11) is 1.67. The minimum atomic E-state index is 0.648. The number of methoxy groups -OCH3 is 1. The topological polar surface area (TPSA) is 18.5 Å². The van der Waals surface area contributed by atoms with Crippen LogP contribution in [0.2, 0.25) is 0 Å². The van der Waals surface area contributed by atoms with Crippen molar-refractivity contribution in [1.29, 1.82) is 0 Å². The zero-order valence-corrected chi connectivity index (χ0v) is 9.62. The molecule has 0 spiro atoms. The van der Waals surface area contributed by atoms with Gasteiger partial charge in [0.1, 0.15) is 5.75 Å². The van der Waals surface area contributed by atoms with E-state index >= 15 is 0 Å². The maximum atomic E-state index is 5.54. The number of hydrogen-bond donors (Lipinski definition) is 0. The summed E-state index contributed by atoms with van der Waals surface area (Å²) in [5, 5.41) is 0. The molecule has 0 aliphatic heterocycles. The molecule has 0 amide bonds. The highest BCUT2D eigenvalue weighted by atomic mass is 16.5. The maximum absolute atomic E-state index is 5.54. The fourth-order valence-corrected chi connectivity index (χ4v) is 1.13. The van der Waals surface area contributed by atoms with Crippen molar-refractivity contribution in [2.24, 2.45) is 0 Å². The molecule has 0 heterocycles. The van der Waals surface area contributed by atoms with Gasteiger partial charge in [-0.25, -0.2) is 0 Å². The lowest BCUT2D eigenvalue weighted by Gasteiger charge is -2.05. The van der Waals surface area contributed by atoms with Crippen molar-refractivity contribution in [3.05, 3.63) is 41.5 Å². The van der Waals surface area contributed by atoms with Crippen LogP contribution in [0.1, 0.15) is 19.4 Å². The first-order valence-electron chi connectivity index (χ1n) is 5.08. The standard InChI is InChI=1S/C13H18O2/c1-4-11(2)9-15-10-12-5-7-13(14-3)8-6-12/h4-8H,9-10H2,1-3H3/b11-4+. The van der Waals surface area contributed by atoms with Gasteiger partial charge in [0.25, 0.3) is 0 Å². The second kappa shape index (κ2) is 6.25. The predicted molar refractivity (Wildman–Crippen MR) is 62.1 cm³/mol. The Labute approximate surface area is 91.5 Å². The van der Waals surface area contributed by atoms with Gasteiger partial charge >= 0.3 is 0 Å². The quantitative estimate of drug-likeness (QED) is 0.689. The first kappa shape index (κ1) is 11.8. The van der Waals surface area contributed by atoms with Crippen LogP contribution >= 0.6 is 0 Å². The summed E-state index contributed by atoms with van der Waals surface area (Å²) in [4.78, 5) is 0. The van der Waals surface area contributed by atoms with Crippen LogP contribution in [-0.4, -0.2) is 13.7 Å². The smallest absolute Gasteiger partial charge is 0.118 e. The molecule has 0 aliphatic carbocycles. The van der Waals surface area contributed by atoms with Crippen LogP contribution in [0.15, 0.2) is 35.9 Å². The summed E-state index contributed by atoms with van der Waals surface area (Å²) in [6, 6.07) is 7.93. The molecule has 82 valence electrons. The SMILES string of the molecule is C/C=C(\C)COCc1ccc(OC)cc1. The molecule has 1 rings (SSSR count). The van der Waals surface area contributed by atoms with Gasteiger partial charge in [-0.1, -0.05) is 23.8 Å². The summed E-state index contributed by atoms with van der Waals surface area (Å²) in [5.41, 5.74) is 2.42. The Morgan fingerprint density at radius 2 is 1.93 bits per heavy atom. The highest BCUT2D eigenvalue weighted by Crippen LogP contribution is 2.12. The normalized spacial score (nSPS) is 11.5. The average molecular weight is 206 g/mol. The summed E-state index contributed by atoms with van der Waals surface area (Å²) in [6.07, 6.45) is 2.06. The Bertz CT molecular complexity index is 312. The number of benzene rings is 1. The molecular formula is C13H18O2. The molecule has 15 heavy (non-hydrogen) atoms. The van der Waals surface area contributed by atoms with Gasteiger partial charge in [-0.2, -0.15) is 0 Å². The Balaban J connectivity index is 2.38. The molecule has 0 saturated heterocycles. The Hall–Kier alpha value is -1.28. The molecular weight excluding hydrogens is 188 g/mol. The van der Waals surface area contributed by atoms with E-state index in [9.17, 15) is 0 Å². The molecule has 2 nitrogen and oxygen atoms in total. The van der Waals surface area contributed by atoms with Gasteiger partial charge in [0.15, 0.2) is 0 Å². The molecule has 1 aromatic rings. The van der Waals surface area contributed by atoms with E-state index in [0.29, 0.717) is 13.2 Å². The third-order valence-corrected chi connectivity index (χ3v) is 2.25. The van der Waals surface area contributed by atoms with E-state index < -0.39 is 0 Å². The molecule has 1 aromatic carbocycles. The molecule has 0 fully saturated rings. The zero-order valence-electron chi connectivity index (χ0n) is 9.62. The van der Waals surface area contributed by atoms with Gasteiger partial charge in [0.05, 0.1) is 20.3 Å². The van der Waals surface area contributed by atoms with Crippen LogP contribution in [0.25, 0.3) is 0 Å². The highest BCUT2D eigenvalue weighted by molar-refractivity contribution is 5.26. The summed E-state index contributed by atoms with van der Waals surface area (Å²) in [5.74, 6) is 0.878. The molecule has 0 N–H and O–H groups in total. The van der Waals surface area contributed by atoms with E-state index in [1.807, 2.05) is 31.2 Å². The van der Waals surface area contributed by atoms with Crippen molar-refractivity contribution in [3.8, 4) is 5.75 Å². The van der Waals surface area contributed by atoms with Crippen molar-refractivity contribution >= 4 is 0 Å². The number of rotatable bonds is 5. The van der Waals surface area contributed by atoms with Crippen molar-refractivity contribution < 1.29 is 9.47 Å². The van der Waals surface area contributed by atoms with Crippen LogP contribution in [0.4, 0.5) is 0 Å². The average Bonchev–Trinajstić information content (AvgIpc) is 2.29. The lowest BCUT2D eigenvalue weighted by atomic mass is 10.2.